The molecule has 0 aliphatic carbocycles. The Labute approximate surface area is 220 Å². The van der Waals surface area contributed by atoms with Crippen molar-refractivity contribution in [1.29, 1.82) is 0 Å². The minimum Gasteiger partial charge on any atom is -0.491 e. The summed E-state index contributed by atoms with van der Waals surface area (Å²) in [5, 5.41) is 15.2. The standard InChI is InChI=1S/C28H42N2O7/c1-17(2)30-19(5)24(13-20-9-11-22(12-10-20)34-18(3)4)26(29-30)36-25-15-21(31)14-23(35-25)16-33-27(32)37-28(6,7)8/h9-12,17-18,21,23,25,31H,13-16H2,1-8H3. The van der Waals surface area contributed by atoms with Crippen molar-refractivity contribution in [3.8, 4) is 11.6 Å². The molecule has 1 aliphatic heterocycles. The van der Waals surface area contributed by atoms with Crippen LogP contribution in [0.2, 0.25) is 0 Å². The first-order valence-corrected chi connectivity index (χ1v) is 13.0. The van der Waals surface area contributed by atoms with Crippen molar-refractivity contribution < 1.29 is 33.6 Å². The second-order valence-electron chi connectivity index (χ2n) is 11.1. The molecule has 206 valence electrons. The summed E-state index contributed by atoms with van der Waals surface area (Å²) in [4.78, 5) is 11.9. The Morgan fingerprint density at radius 2 is 1.84 bits per heavy atom. The Hall–Kier alpha value is -2.78. The summed E-state index contributed by atoms with van der Waals surface area (Å²) >= 11 is 0. The van der Waals surface area contributed by atoms with E-state index in [0.29, 0.717) is 18.7 Å². The van der Waals surface area contributed by atoms with Crippen LogP contribution < -0.4 is 9.47 Å². The molecule has 1 aliphatic rings. The van der Waals surface area contributed by atoms with Crippen molar-refractivity contribution >= 4 is 6.16 Å². The number of aliphatic hydroxyl groups excluding tert-OH is 1. The summed E-state index contributed by atoms with van der Waals surface area (Å²) < 4.78 is 30.3. The summed E-state index contributed by atoms with van der Waals surface area (Å²) in [5.41, 5.74) is 2.41. The van der Waals surface area contributed by atoms with Gasteiger partial charge in [-0.05, 0) is 73.1 Å². The van der Waals surface area contributed by atoms with E-state index in [1.807, 2.05) is 49.7 Å². The monoisotopic (exact) mass is 518 g/mol. The van der Waals surface area contributed by atoms with Crippen LogP contribution in [0.1, 0.15) is 84.2 Å². The van der Waals surface area contributed by atoms with Crippen LogP contribution in [0.3, 0.4) is 0 Å². The van der Waals surface area contributed by atoms with E-state index in [2.05, 4.69) is 13.8 Å². The molecule has 0 spiro atoms. The average molecular weight is 519 g/mol. The first-order valence-electron chi connectivity index (χ1n) is 13.0. The van der Waals surface area contributed by atoms with Gasteiger partial charge in [-0.2, -0.15) is 0 Å². The topological polar surface area (TPSA) is 101 Å². The fraction of sp³-hybridized carbons (Fsp3) is 0.643. The van der Waals surface area contributed by atoms with E-state index in [9.17, 15) is 9.90 Å². The fourth-order valence-corrected chi connectivity index (χ4v) is 4.19. The molecule has 1 fully saturated rings. The van der Waals surface area contributed by atoms with E-state index < -0.39 is 30.3 Å². The minimum atomic E-state index is -0.771. The van der Waals surface area contributed by atoms with E-state index in [1.54, 1.807) is 20.8 Å². The number of carbonyl (C=O) groups excluding carboxylic acids is 1. The van der Waals surface area contributed by atoms with Crippen molar-refractivity contribution in [2.24, 2.45) is 0 Å². The summed E-state index contributed by atoms with van der Waals surface area (Å²) in [7, 11) is 0. The first-order chi connectivity index (χ1) is 17.3. The summed E-state index contributed by atoms with van der Waals surface area (Å²) in [5.74, 6) is 1.30. The number of aromatic nitrogens is 2. The number of hydrogen-bond donors (Lipinski definition) is 1. The zero-order chi connectivity index (χ0) is 27.3. The Morgan fingerprint density at radius 1 is 1.16 bits per heavy atom. The second kappa shape index (κ2) is 12.2. The molecule has 37 heavy (non-hydrogen) atoms. The summed E-state index contributed by atoms with van der Waals surface area (Å²) in [6.45, 7) is 15.4. The molecule has 2 heterocycles. The molecule has 3 rings (SSSR count). The smallest absolute Gasteiger partial charge is 0.491 e. The van der Waals surface area contributed by atoms with E-state index in [-0.39, 0.29) is 25.2 Å². The molecule has 1 aromatic carbocycles. The van der Waals surface area contributed by atoms with Crippen molar-refractivity contribution in [3.05, 3.63) is 41.1 Å². The maximum atomic E-state index is 11.9. The number of carbonyl (C=O) groups is 1. The quantitative estimate of drug-likeness (QED) is 0.444. The molecule has 1 saturated heterocycles. The van der Waals surface area contributed by atoms with Crippen LogP contribution in [0.15, 0.2) is 24.3 Å². The third-order valence-electron chi connectivity index (χ3n) is 5.77. The number of hydrogen-bond acceptors (Lipinski definition) is 8. The van der Waals surface area contributed by atoms with Crippen LogP contribution in [0.4, 0.5) is 4.79 Å². The molecule has 9 nitrogen and oxygen atoms in total. The highest BCUT2D eigenvalue weighted by Gasteiger charge is 2.33. The predicted molar refractivity (Wildman–Crippen MR) is 139 cm³/mol. The lowest BCUT2D eigenvalue weighted by Crippen LogP contribution is -2.41. The van der Waals surface area contributed by atoms with Gasteiger partial charge in [0.1, 0.15) is 18.0 Å². The van der Waals surface area contributed by atoms with Crippen LogP contribution in [-0.4, -0.2) is 57.9 Å². The lowest BCUT2D eigenvalue weighted by atomic mass is 10.0. The summed E-state index contributed by atoms with van der Waals surface area (Å²) in [6, 6.07) is 8.16. The van der Waals surface area contributed by atoms with Gasteiger partial charge in [-0.3, -0.25) is 4.68 Å². The van der Waals surface area contributed by atoms with Crippen molar-refractivity contribution in [2.75, 3.05) is 6.61 Å². The Kier molecular flexibility index (Phi) is 9.47. The molecule has 1 aromatic heterocycles. The van der Waals surface area contributed by atoms with E-state index in [1.165, 1.54) is 0 Å². The van der Waals surface area contributed by atoms with Gasteiger partial charge in [0.15, 0.2) is 0 Å². The van der Waals surface area contributed by atoms with Crippen molar-refractivity contribution in [1.82, 2.24) is 9.78 Å². The number of nitrogens with zero attached hydrogens (tertiary/aromatic N) is 2. The van der Waals surface area contributed by atoms with E-state index in [4.69, 9.17) is 28.8 Å². The van der Waals surface area contributed by atoms with E-state index >= 15 is 0 Å². The molecular formula is C28H42N2O7. The molecule has 1 N–H and O–H groups in total. The largest absolute Gasteiger partial charge is 0.508 e. The molecule has 3 atom stereocenters. The van der Waals surface area contributed by atoms with Gasteiger partial charge in [-0.1, -0.05) is 12.1 Å². The molecule has 0 bridgehead atoms. The third-order valence-corrected chi connectivity index (χ3v) is 5.77. The number of benzene rings is 1. The molecule has 0 radical (unpaired) electrons. The molecule has 0 amide bonds. The zero-order valence-electron chi connectivity index (χ0n) is 23.3. The Bertz CT molecular complexity index is 1020. The van der Waals surface area contributed by atoms with Crippen LogP contribution >= 0.6 is 0 Å². The van der Waals surface area contributed by atoms with Gasteiger partial charge < -0.3 is 28.8 Å². The molecule has 9 heteroatoms. The normalized spacial score (nSPS) is 20.2. The summed E-state index contributed by atoms with van der Waals surface area (Å²) in [6.07, 6.45) is -1.32. The van der Waals surface area contributed by atoms with Gasteiger partial charge in [0, 0.05) is 36.6 Å². The average Bonchev–Trinajstić information content (AvgIpc) is 3.07. The van der Waals surface area contributed by atoms with E-state index in [0.717, 1.165) is 22.6 Å². The van der Waals surface area contributed by atoms with Crippen molar-refractivity contribution in [3.63, 3.8) is 0 Å². The van der Waals surface area contributed by atoms with Gasteiger partial charge in [-0.15, -0.1) is 5.10 Å². The maximum Gasteiger partial charge on any atom is 0.508 e. The highest BCUT2D eigenvalue weighted by Crippen LogP contribution is 2.31. The van der Waals surface area contributed by atoms with Crippen LogP contribution in [0.25, 0.3) is 0 Å². The number of rotatable bonds is 9. The highest BCUT2D eigenvalue weighted by molar-refractivity contribution is 5.60. The lowest BCUT2D eigenvalue weighted by Gasteiger charge is -2.32. The number of aliphatic hydroxyl groups is 1. The van der Waals surface area contributed by atoms with Crippen molar-refractivity contribution in [2.45, 2.75) is 111 Å². The van der Waals surface area contributed by atoms with Crippen LogP contribution in [0, 0.1) is 6.92 Å². The van der Waals surface area contributed by atoms with Gasteiger partial charge in [0.25, 0.3) is 0 Å². The lowest BCUT2D eigenvalue weighted by molar-refractivity contribution is -0.188. The van der Waals surface area contributed by atoms with Gasteiger partial charge >= 0.3 is 6.16 Å². The van der Waals surface area contributed by atoms with Gasteiger partial charge in [0.05, 0.1) is 18.3 Å². The van der Waals surface area contributed by atoms with Crippen LogP contribution in [-0.2, 0) is 20.6 Å². The first kappa shape index (κ1) is 28.8. The second-order valence-corrected chi connectivity index (χ2v) is 11.1. The predicted octanol–water partition coefficient (Wildman–Crippen LogP) is 5.35. The number of ether oxygens (including phenoxy) is 5. The Morgan fingerprint density at radius 3 is 2.43 bits per heavy atom. The zero-order valence-corrected chi connectivity index (χ0v) is 23.3. The third kappa shape index (κ3) is 8.64. The molecule has 2 aromatic rings. The van der Waals surface area contributed by atoms with Gasteiger partial charge in [0.2, 0.25) is 12.2 Å². The minimum absolute atomic E-state index is 0.0387. The molecule has 0 saturated carbocycles. The highest BCUT2D eigenvalue weighted by atomic mass is 16.7. The SMILES string of the molecule is Cc1c(Cc2ccc(OC(C)C)cc2)c(OC2CC(O)CC(COC(=O)OC(C)(C)C)O2)nn1C(C)C. The van der Waals surface area contributed by atoms with Gasteiger partial charge in [-0.25, -0.2) is 4.79 Å². The fourth-order valence-electron chi connectivity index (χ4n) is 4.19. The Balaban J connectivity index is 1.72. The molecule has 3 unspecified atom stereocenters. The molecular weight excluding hydrogens is 476 g/mol. The van der Waals surface area contributed by atoms with Crippen LogP contribution in [0.5, 0.6) is 11.6 Å². The maximum absolute atomic E-state index is 11.9.